The van der Waals surface area contributed by atoms with E-state index in [0.717, 1.165) is 12.5 Å². The van der Waals surface area contributed by atoms with Gasteiger partial charge in [0.25, 0.3) is 0 Å². The van der Waals surface area contributed by atoms with E-state index >= 15 is 0 Å². The van der Waals surface area contributed by atoms with Gasteiger partial charge >= 0.3 is 0 Å². The van der Waals surface area contributed by atoms with E-state index in [1.54, 1.807) is 0 Å². The lowest BCUT2D eigenvalue weighted by Crippen LogP contribution is -2.22. The molecule has 2 unspecified atom stereocenters. The minimum absolute atomic E-state index is 0.473. The van der Waals surface area contributed by atoms with Crippen LogP contribution in [0, 0.1) is 11.3 Å². The van der Waals surface area contributed by atoms with E-state index in [1.165, 1.54) is 19.3 Å². The summed E-state index contributed by atoms with van der Waals surface area (Å²) in [5.74, 6) is 0.868. The van der Waals surface area contributed by atoms with E-state index in [0.29, 0.717) is 11.5 Å². The van der Waals surface area contributed by atoms with Crippen LogP contribution in [0.25, 0.3) is 0 Å². The first-order chi connectivity index (χ1) is 4.70. The third-order valence-electron chi connectivity index (χ3n) is 3.13. The SMILES string of the molecule is CC1(C)COC2CCCC21. The Bertz CT molecular complexity index is 140. The van der Waals surface area contributed by atoms with Crippen LogP contribution in [0.5, 0.6) is 0 Å². The second kappa shape index (κ2) is 1.97. The van der Waals surface area contributed by atoms with Crippen molar-refractivity contribution in [1.82, 2.24) is 0 Å². The van der Waals surface area contributed by atoms with Gasteiger partial charge in [0.05, 0.1) is 12.7 Å². The molecule has 1 aliphatic carbocycles. The Kier molecular flexibility index (Phi) is 1.31. The van der Waals surface area contributed by atoms with Crippen molar-refractivity contribution in [3.8, 4) is 0 Å². The van der Waals surface area contributed by atoms with Crippen molar-refractivity contribution >= 4 is 0 Å². The van der Waals surface area contributed by atoms with Crippen LogP contribution in [0.2, 0.25) is 0 Å². The molecule has 1 aliphatic heterocycles. The van der Waals surface area contributed by atoms with Crippen LogP contribution in [-0.4, -0.2) is 12.7 Å². The molecular formula is C9H16O. The largest absolute Gasteiger partial charge is 0.377 e. The van der Waals surface area contributed by atoms with Crippen molar-refractivity contribution in [3.05, 3.63) is 0 Å². The lowest BCUT2D eigenvalue weighted by atomic mass is 9.80. The fourth-order valence-corrected chi connectivity index (χ4v) is 2.45. The molecule has 2 aliphatic rings. The van der Waals surface area contributed by atoms with Gasteiger partial charge in [-0.1, -0.05) is 20.3 Å². The molecule has 1 heteroatoms. The minimum Gasteiger partial charge on any atom is -0.377 e. The highest BCUT2D eigenvalue weighted by atomic mass is 16.5. The van der Waals surface area contributed by atoms with Gasteiger partial charge in [0.1, 0.15) is 0 Å². The lowest BCUT2D eigenvalue weighted by Gasteiger charge is -2.22. The smallest absolute Gasteiger partial charge is 0.0609 e. The van der Waals surface area contributed by atoms with Gasteiger partial charge in [0.2, 0.25) is 0 Å². The summed E-state index contributed by atoms with van der Waals surface area (Å²) in [5.41, 5.74) is 0.473. The van der Waals surface area contributed by atoms with E-state index in [2.05, 4.69) is 13.8 Å². The molecule has 0 N–H and O–H groups in total. The van der Waals surface area contributed by atoms with Crippen molar-refractivity contribution in [1.29, 1.82) is 0 Å². The van der Waals surface area contributed by atoms with E-state index < -0.39 is 0 Å². The van der Waals surface area contributed by atoms with E-state index in [1.807, 2.05) is 0 Å². The standard InChI is InChI=1S/C9H16O/c1-9(2)6-10-8-5-3-4-7(8)9/h7-8H,3-6H2,1-2H3. The third kappa shape index (κ3) is 0.800. The average Bonchev–Trinajstić information content (AvgIpc) is 2.36. The maximum atomic E-state index is 5.69. The second-order valence-corrected chi connectivity index (χ2v) is 4.38. The topological polar surface area (TPSA) is 9.23 Å². The molecule has 0 aromatic carbocycles. The number of rotatable bonds is 0. The zero-order chi connectivity index (χ0) is 7.19. The molecule has 0 aromatic rings. The molecule has 1 saturated carbocycles. The highest BCUT2D eigenvalue weighted by molar-refractivity contribution is 4.93. The summed E-state index contributed by atoms with van der Waals surface area (Å²) in [5, 5.41) is 0. The maximum absolute atomic E-state index is 5.69. The number of fused-ring (bicyclic) bond motifs is 1. The number of hydrogen-bond acceptors (Lipinski definition) is 1. The minimum atomic E-state index is 0.473. The third-order valence-corrected chi connectivity index (χ3v) is 3.13. The predicted molar refractivity (Wildman–Crippen MR) is 40.9 cm³/mol. The molecule has 1 saturated heterocycles. The van der Waals surface area contributed by atoms with Gasteiger partial charge in [-0.3, -0.25) is 0 Å². The van der Waals surface area contributed by atoms with Crippen LogP contribution >= 0.6 is 0 Å². The zero-order valence-corrected chi connectivity index (χ0v) is 6.89. The summed E-state index contributed by atoms with van der Waals surface area (Å²) in [6.45, 7) is 5.66. The van der Waals surface area contributed by atoms with Gasteiger partial charge in [-0.25, -0.2) is 0 Å². The molecule has 2 rings (SSSR count). The quantitative estimate of drug-likeness (QED) is 0.501. The molecule has 10 heavy (non-hydrogen) atoms. The van der Waals surface area contributed by atoms with Crippen molar-refractivity contribution in [2.24, 2.45) is 11.3 Å². The molecule has 0 aromatic heterocycles. The predicted octanol–water partition coefficient (Wildman–Crippen LogP) is 2.21. The normalized spacial score (nSPS) is 43.8. The Hall–Kier alpha value is -0.0400. The Morgan fingerprint density at radius 2 is 2.10 bits per heavy atom. The summed E-state index contributed by atoms with van der Waals surface area (Å²) < 4.78 is 5.69. The fraction of sp³-hybridized carbons (Fsp3) is 1.00. The molecular weight excluding hydrogens is 124 g/mol. The molecule has 58 valence electrons. The zero-order valence-electron chi connectivity index (χ0n) is 6.89. The Balaban J connectivity index is 2.16. The highest BCUT2D eigenvalue weighted by Crippen LogP contribution is 2.46. The van der Waals surface area contributed by atoms with Crippen LogP contribution in [0.4, 0.5) is 0 Å². The van der Waals surface area contributed by atoms with Crippen LogP contribution < -0.4 is 0 Å². The van der Waals surface area contributed by atoms with E-state index in [9.17, 15) is 0 Å². The average molecular weight is 140 g/mol. The summed E-state index contributed by atoms with van der Waals surface area (Å²) in [4.78, 5) is 0. The summed E-state index contributed by atoms with van der Waals surface area (Å²) in [6, 6.07) is 0. The molecule has 0 spiro atoms. The van der Waals surface area contributed by atoms with Crippen LogP contribution in [0.15, 0.2) is 0 Å². The molecule has 0 amide bonds. The molecule has 2 atom stereocenters. The number of ether oxygens (including phenoxy) is 1. The van der Waals surface area contributed by atoms with Crippen molar-refractivity contribution in [2.45, 2.75) is 39.2 Å². The maximum Gasteiger partial charge on any atom is 0.0609 e. The monoisotopic (exact) mass is 140 g/mol. The first kappa shape index (κ1) is 6.66. The highest BCUT2D eigenvalue weighted by Gasteiger charge is 2.45. The van der Waals surface area contributed by atoms with E-state index in [-0.39, 0.29) is 0 Å². The second-order valence-electron chi connectivity index (χ2n) is 4.38. The van der Waals surface area contributed by atoms with Gasteiger partial charge in [-0.2, -0.15) is 0 Å². The van der Waals surface area contributed by atoms with Crippen LogP contribution in [0.1, 0.15) is 33.1 Å². The van der Waals surface area contributed by atoms with Gasteiger partial charge in [0, 0.05) is 0 Å². The lowest BCUT2D eigenvalue weighted by molar-refractivity contribution is 0.0961. The first-order valence-corrected chi connectivity index (χ1v) is 4.32. The van der Waals surface area contributed by atoms with Crippen molar-refractivity contribution in [3.63, 3.8) is 0 Å². The Morgan fingerprint density at radius 1 is 1.30 bits per heavy atom. The van der Waals surface area contributed by atoms with Gasteiger partial charge in [-0.15, -0.1) is 0 Å². The van der Waals surface area contributed by atoms with Crippen LogP contribution in [0.3, 0.4) is 0 Å². The summed E-state index contributed by atoms with van der Waals surface area (Å²) in [6.07, 6.45) is 4.72. The van der Waals surface area contributed by atoms with Crippen LogP contribution in [-0.2, 0) is 4.74 Å². The van der Waals surface area contributed by atoms with Crippen molar-refractivity contribution in [2.75, 3.05) is 6.61 Å². The molecule has 0 radical (unpaired) electrons. The van der Waals surface area contributed by atoms with E-state index in [4.69, 9.17) is 4.74 Å². The molecule has 2 fully saturated rings. The molecule has 1 nitrogen and oxygen atoms in total. The fourth-order valence-electron chi connectivity index (χ4n) is 2.45. The first-order valence-electron chi connectivity index (χ1n) is 4.32. The van der Waals surface area contributed by atoms with Gasteiger partial charge < -0.3 is 4.74 Å². The van der Waals surface area contributed by atoms with Gasteiger partial charge in [0.15, 0.2) is 0 Å². The van der Waals surface area contributed by atoms with Gasteiger partial charge in [-0.05, 0) is 24.2 Å². The number of hydrogen-bond donors (Lipinski definition) is 0. The Labute approximate surface area is 62.8 Å². The Morgan fingerprint density at radius 3 is 2.80 bits per heavy atom. The summed E-state index contributed by atoms with van der Waals surface area (Å²) >= 11 is 0. The summed E-state index contributed by atoms with van der Waals surface area (Å²) in [7, 11) is 0. The molecule has 1 heterocycles. The molecule has 0 bridgehead atoms. The van der Waals surface area contributed by atoms with Crippen molar-refractivity contribution < 1.29 is 4.74 Å².